The number of fused-ring (bicyclic) bond motifs is 1. The number of aliphatic hydroxyl groups is 1. The molecule has 3 N–H and O–H groups in total. The normalized spacial score (nSPS) is 14.0. The Morgan fingerprint density at radius 3 is 2.57 bits per heavy atom. The molecule has 200 valence electrons. The Labute approximate surface area is 223 Å². The van der Waals surface area contributed by atoms with Gasteiger partial charge in [0.15, 0.2) is 11.5 Å². The SMILES string of the molecule is C.Cc1ccc(S(=O)(=O)n2ccc3c(N[C@@H](C)C4CC4)nc(Nc4cn(CCCO)nn4)nc32)cc1.S. The average Bonchev–Trinajstić information content (AvgIpc) is 3.45. The van der Waals surface area contributed by atoms with Crippen LogP contribution in [0, 0.1) is 12.8 Å². The molecule has 0 saturated heterocycles. The number of hydrogen-bond donors (Lipinski definition) is 3. The van der Waals surface area contributed by atoms with Crippen LogP contribution in [0.4, 0.5) is 17.6 Å². The van der Waals surface area contributed by atoms with E-state index in [9.17, 15) is 8.42 Å². The summed E-state index contributed by atoms with van der Waals surface area (Å²) in [6, 6.07) is 8.64. The molecule has 0 bridgehead atoms. The monoisotopic (exact) mass is 546 g/mol. The summed E-state index contributed by atoms with van der Waals surface area (Å²) in [7, 11) is -3.87. The lowest BCUT2D eigenvalue weighted by molar-refractivity contribution is 0.276. The molecule has 1 fully saturated rings. The van der Waals surface area contributed by atoms with E-state index in [1.165, 1.54) is 10.2 Å². The van der Waals surface area contributed by atoms with Gasteiger partial charge in [-0.25, -0.2) is 12.4 Å². The smallest absolute Gasteiger partial charge is 0.269 e. The van der Waals surface area contributed by atoms with E-state index in [2.05, 4.69) is 37.8 Å². The van der Waals surface area contributed by atoms with Gasteiger partial charge >= 0.3 is 0 Å². The zero-order valence-corrected chi connectivity index (χ0v) is 21.9. The third kappa shape index (κ3) is 6.05. The Bertz CT molecular complexity index is 1450. The fraction of sp³-hybridized carbons (Fsp3) is 0.417. The van der Waals surface area contributed by atoms with E-state index in [0.29, 0.717) is 35.9 Å². The highest BCUT2D eigenvalue weighted by Crippen LogP contribution is 2.35. The van der Waals surface area contributed by atoms with E-state index in [-0.39, 0.29) is 50.1 Å². The molecule has 4 aromatic rings. The Hall–Kier alpha value is -3.16. The standard InChI is InChI=1S/C23H28N8O3S.CH4.H2S/c1-15-4-8-18(9-5-15)35(33,34)31-12-10-19-21(24-16(2)17-6-7-17)26-23(27-22(19)31)25-20-14-30(29-28-20)11-3-13-32;;/h4-5,8-10,12,14,16-17,32H,3,6-7,11,13H2,1-2H3,(H2,24,25,26,27);1H4;1H2/t16-;;/m0../s1. The Kier molecular flexibility index (Phi) is 8.82. The fourth-order valence-corrected chi connectivity index (χ4v) is 5.21. The van der Waals surface area contributed by atoms with Crippen molar-refractivity contribution in [3.63, 3.8) is 0 Å². The molecule has 37 heavy (non-hydrogen) atoms. The summed E-state index contributed by atoms with van der Waals surface area (Å²) in [6.07, 6.45) is 6.07. The lowest BCUT2D eigenvalue weighted by atomic mass is 10.2. The second-order valence-electron chi connectivity index (χ2n) is 8.90. The van der Waals surface area contributed by atoms with Crippen molar-refractivity contribution in [2.75, 3.05) is 17.2 Å². The molecule has 0 radical (unpaired) electrons. The minimum absolute atomic E-state index is 0. The number of aliphatic hydroxyl groups excluding tert-OH is 1. The Morgan fingerprint density at radius 1 is 1.16 bits per heavy atom. The number of rotatable bonds is 10. The first kappa shape index (κ1) is 28.4. The van der Waals surface area contributed by atoms with Crippen molar-refractivity contribution in [2.24, 2.45) is 5.92 Å². The summed E-state index contributed by atoms with van der Waals surface area (Å²) >= 11 is 0. The van der Waals surface area contributed by atoms with Gasteiger partial charge in [0.1, 0.15) is 5.82 Å². The van der Waals surface area contributed by atoms with E-state index in [4.69, 9.17) is 5.11 Å². The van der Waals surface area contributed by atoms with Crippen LogP contribution in [0.5, 0.6) is 0 Å². The second-order valence-corrected chi connectivity index (χ2v) is 10.7. The van der Waals surface area contributed by atoms with Gasteiger partial charge < -0.3 is 15.7 Å². The molecule has 11 nitrogen and oxygen atoms in total. The molecule has 0 amide bonds. The Morgan fingerprint density at radius 2 is 1.89 bits per heavy atom. The van der Waals surface area contributed by atoms with Gasteiger partial charge in [-0.15, -0.1) is 5.10 Å². The molecule has 13 heteroatoms. The molecule has 1 saturated carbocycles. The van der Waals surface area contributed by atoms with Gasteiger partial charge in [-0.05, 0) is 57.2 Å². The summed E-state index contributed by atoms with van der Waals surface area (Å²) in [6.45, 7) is 4.59. The van der Waals surface area contributed by atoms with Crippen molar-refractivity contribution < 1.29 is 13.5 Å². The largest absolute Gasteiger partial charge is 0.396 e. The number of benzene rings is 1. The fourth-order valence-electron chi connectivity index (χ4n) is 3.92. The van der Waals surface area contributed by atoms with E-state index in [1.807, 2.05) is 6.92 Å². The van der Waals surface area contributed by atoms with Gasteiger partial charge in [0.25, 0.3) is 10.0 Å². The third-order valence-electron chi connectivity index (χ3n) is 6.11. The molecule has 1 aliphatic rings. The van der Waals surface area contributed by atoms with Crippen LogP contribution in [0.25, 0.3) is 11.0 Å². The van der Waals surface area contributed by atoms with Gasteiger partial charge in [-0.3, -0.25) is 4.68 Å². The van der Waals surface area contributed by atoms with Crippen LogP contribution in [-0.4, -0.2) is 55.1 Å². The van der Waals surface area contributed by atoms with Crippen LogP contribution < -0.4 is 10.6 Å². The number of anilines is 3. The highest BCUT2D eigenvalue weighted by Gasteiger charge is 2.29. The number of nitrogens with one attached hydrogen (secondary N) is 2. The van der Waals surface area contributed by atoms with E-state index in [1.54, 1.807) is 41.2 Å². The quantitative estimate of drug-likeness (QED) is 0.272. The number of aryl methyl sites for hydroxylation is 2. The highest BCUT2D eigenvalue weighted by molar-refractivity contribution is 7.90. The van der Waals surface area contributed by atoms with E-state index >= 15 is 0 Å². The van der Waals surface area contributed by atoms with Crippen molar-refractivity contribution in [1.29, 1.82) is 0 Å². The number of hydrogen-bond acceptors (Lipinski definition) is 9. The van der Waals surface area contributed by atoms with Crippen molar-refractivity contribution in [2.45, 2.75) is 58.0 Å². The van der Waals surface area contributed by atoms with Crippen LogP contribution >= 0.6 is 13.5 Å². The van der Waals surface area contributed by atoms with Gasteiger partial charge in [0.2, 0.25) is 5.95 Å². The maximum Gasteiger partial charge on any atom is 0.269 e. The highest BCUT2D eigenvalue weighted by atomic mass is 32.2. The van der Waals surface area contributed by atoms with Crippen LogP contribution in [0.2, 0.25) is 0 Å². The maximum absolute atomic E-state index is 13.5. The van der Waals surface area contributed by atoms with E-state index in [0.717, 1.165) is 18.4 Å². The molecule has 3 aromatic heterocycles. The molecule has 1 aromatic carbocycles. The van der Waals surface area contributed by atoms with Gasteiger partial charge in [0, 0.05) is 25.4 Å². The lowest BCUT2D eigenvalue weighted by Crippen LogP contribution is -2.19. The summed E-state index contributed by atoms with van der Waals surface area (Å²) in [5.74, 6) is 1.75. The zero-order chi connectivity index (χ0) is 24.6. The summed E-state index contributed by atoms with van der Waals surface area (Å²) in [5.41, 5.74) is 1.24. The lowest BCUT2D eigenvalue weighted by Gasteiger charge is -2.15. The van der Waals surface area contributed by atoms with Crippen LogP contribution in [-0.2, 0) is 16.6 Å². The first-order valence-electron chi connectivity index (χ1n) is 11.6. The number of nitrogens with zero attached hydrogens (tertiary/aromatic N) is 6. The van der Waals surface area contributed by atoms with E-state index < -0.39 is 10.0 Å². The predicted octanol–water partition coefficient (Wildman–Crippen LogP) is 3.65. The van der Waals surface area contributed by atoms with Crippen molar-refractivity contribution >= 4 is 52.1 Å². The second kappa shape index (κ2) is 11.5. The van der Waals surface area contributed by atoms with Crippen molar-refractivity contribution in [3.8, 4) is 0 Å². The molecule has 5 rings (SSSR count). The van der Waals surface area contributed by atoms with Gasteiger partial charge in [-0.1, -0.05) is 30.3 Å². The van der Waals surface area contributed by atoms with Crippen LogP contribution in [0.1, 0.15) is 39.2 Å². The minimum Gasteiger partial charge on any atom is -0.396 e. The first-order valence-corrected chi connectivity index (χ1v) is 13.0. The molecule has 0 aliphatic heterocycles. The maximum atomic E-state index is 13.5. The average molecular weight is 547 g/mol. The third-order valence-corrected chi connectivity index (χ3v) is 7.79. The minimum atomic E-state index is -3.87. The summed E-state index contributed by atoms with van der Waals surface area (Å²) in [4.78, 5) is 9.36. The molecular weight excluding hydrogens is 512 g/mol. The van der Waals surface area contributed by atoms with Crippen molar-refractivity contribution in [3.05, 3.63) is 48.3 Å². The molecule has 3 heterocycles. The number of aromatic nitrogens is 6. The van der Waals surface area contributed by atoms with Crippen LogP contribution in [0.3, 0.4) is 0 Å². The zero-order valence-electron chi connectivity index (χ0n) is 20.1. The predicted molar refractivity (Wildman–Crippen MR) is 149 cm³/mol. The molecule has 0 spiro atoms. The van der Waals surface area contributed by atoms with Crippen molar-refractivity contribution in [1.82, 2.24) is 28.9 Å². The Balaban J connectivity index is 0.00000190. The molecule has 0 unspecified atom stereocenters. The summed E-state index contributed by atoms with van der Waals surface area (Å²) in [5, 5.41) is 24.2. The molecule has 1 atom stereocenters. The molecular formula is C24H34N8O3S2. The van der Waals surface area contributed by atoms with Gasteiger partial charge in [0.05, 0.1) is 16.5 Å². The van der Waals surface area contributed by atoms with Crippen LogP contribution in [0.15, 0.2) is 47.6 Å². The molecule has 1 aliphatic carbocycles. The first-order chi connectivity index (χ1) is 16.8. The topological polar surface area (TPSA) is 140 Å². The summed E-state index contributed by atoms with van der Waals surface area (Å²) < 4.78 is 29.7. The van der Waals surface area contributed by atoms with Gasteiger partial charge in [-0.2, -0.15) is 23.5 Å².